The Morgan fingerprint density at radius 1 is 1.38 bits per heavy atom. The standard InChI is InChI=1S/C19H22N2O4S/c1-13-4-5-16(25-13)18(23)21-9-14-10-24-12-19(14,11-21)7-17(22)20-8-15-3-2-6-26-15/h2-6,14H,7-12H2,1H3,(H,20,22)/t14-,19+/m1/s1. The Balaban J connectivity index is 1.41. The smallest absolute Gasteiger partial charge is 0.289 e. The van der Waals surface area contributed by atoms with Gasteiger partial charge in [0.15, 0.2) is 5.76 Å². The SMILES string of the molecule is Cc1ccc(C(=O)N2C[C@@H]3COC[C@]3(CC(=O)NCc3cccs3)C2)o1. The summed E-state index contributed by atoms with van der Waals surface area (Å²) in [5.74, 6) is 1.18. The predicted molar refractivity (Wildman–Crippen MR) is 96.9 cm³/mol. The molecule has 0 bridgehead atoms. The Labute approximate surface area is 156 Å². The first kappa shape index (κ1) is 17.3. The van der Waals surface area contributed by atoms with Crippen LogP contribution in [0.2, 0.25) is 0 Å². The van der Waals surface area contributed by atoms with Crippen molar-refractivity contribution in [2.45, 2.75) is 19.9 Å². The highest BCUT2D eigenvalue weighted by molar-refractivity contribution is 7.09. The number of rotatable bonds is 5. The molecule has 4 heterocycles. The number of amides is 2. The molecule has 26 heavy (non-hydrogen) atoms. The number of aryl methyl sites for hydroxylation is 1. The molecule has 0 aromatic carbocycles. The van der Waals surface area contributed by atoms with E-state index in [1.165, 1.54) is 0 Å². The van der Waals surface area contributed by atoms with Crippen LogP contribution in [0.15, 0.2) is 34.1 Å². The van der Waals surface area contributed by atoms with Crippen molar-refractivity contribution < 1.29 is 18.7 Å². The first-order chi connectivity index (χ1) is 12.6. The molecule has 0 spiro atoms. The maximum atomic E-state index is 12.7. The number of thiophene rings is 1. The van der Waals surface area contributed by atoms with Crippen molar-refractivity contribution in [1.82, 2.24) is 10.2 Å². The number of nitrogens with one attached hydrogen (secondary N) is 1. The van der Waals surface area contributed by atoms with Gasteiger partial charge in [-0.3, -0.25) is 9.59 Å². The summed E-state index contributed by atoms with van der Waals surface area (Å²) < 4.78 is 11.1. The molecule has 2 amide bonds. The minimum Gasteiger partial charge on any atom is -0.456 e. The van der Waals surface area contributed by atoms with Crippen LogP contribution < -0.4 is 5.32 Å². The second-order valence-corrected chi connectivity index (χ2v) is 8.24. The maximum absolute atomic E-state index is 12.7. The largest absolute Gasteiger partial charge is 0.456 e. The fourth-order valence-electron chi connectivity index (χ4n) is 3.92. The van der Waals surface area contributed by atoms with Crippen LogP contribution in [-0.2, 0) is 16.1 Å². The number of fused-ring (bicyclic) bond motifs is 1. The highest BCUT2D eigenvalue weighted by atomic mass is 32.1. The van der Waals surface area contributed by atoms with E-state index >= 15 is 0 Å². The fraction of sp³-hybridized carbons (Fsp3) is 0.474. The molecule has 7 heteroatoms. The highest BCUT2D eigenvalue weighted by Gasteiger charge is 2.53. The van der Waals surface area contributed by atoms with E-state index in [1.807, 2.05) is 24.4 Å². The lowest BCUT2D eigenvalue weighted by Crippen LogP contribution is -2.38. The summed E-state index contributed by atoms with van der Waals surface area (Å²) in [7, 11) is 0. The van der Waals surface area contributed by atoms with Crippen LogP contribution in [0.1, 0.15) is 27.6 Å². The van der Waals surface area contributed by atoms with Gasteiger partial charge in [0, 0.05) is 35.7 Å². The average Bonchev–Trinajstić information content (AvgIpc) is 3.36. The van der Waals surface area contributed by atoms with Crippen LogP contribution in [0.3, 0.4) is 0 Å². The molecular weight excluding hydrogens is 352 g/mol. The summed E-state index contributed by atoms with van der Waals surface area (Å²) in [5, 5.41) is 4.99. The van der Waals surface area contributed by atoms with E-state index in [2.05, 4.69) is 5.32 Å². The van der Waals surface area contributed by atoms with Crippen LogP contribution in [0, 0.1) is 18.3 Å². The lowest BCUT2D eigenvalue weighted by Gasteiger charge is -2.26. The van der Waals surface area contributed by atoms with Gasteiger partial charge in [0.2, 0.25) is 5.91 Å². The van der Waals surface area contributed by atoms with Crippen molar-refractivity contribution in [1.29, 1.82) is 0 Å². The van der Waals surface area contributed by atoms with E-state index in [4.69, 9.17) is 9.15 Å². The summed E-state index contributed by atoms with van der Waals surface area (Å²) in [4.78, 5) is 28.1. The van der Waals surface area contributed by atoms with Gasteiger partial charge in [-0.1, -0.05) is 6.07 Å². The lowest BCUT2D eigenvalue weighted by molar-refractivity contribution is -0.123. The van der Waals surface area contributed by atoms with Crippen LogP contribution in [-0.4, -0.2) is 43.0 Å². The normalized spacial score (nSPS) is 24.7. The van der Waals surface area contributed by atoms with E-state index in [0.717, 1.165) is 10.6 Å². The number of hydrogen-bond acceptors (Lipinski definition) is 5. The molecule has 2 aliphatic rings. The zero-order valence-electron chi connectivity index (χ0n) is 14.7. The van der Waals surface area contributed by atoms with E-state index in [0.29, 0.717) is 45.0 Å². The summed E-state index contributed by atoms with van der Waals surface area (Å²) in [6.45, 7) is 4.62. The minimum atomic E-state index is -0.295. The molecule has 138 valence electrons. The van der Waals surface area contributed by atoms with Gasteiger partial charge in [0.1, 0.15) is 5.76 Å². The van der Waals surface area contributed by atoms with Gasteiger partial charge < -0.3 is 19.4 Å². The Bertz CT molecular complexity index is 800. The van der Waals surface area contributed by atoms with Crippen LogP contribution >= 0.6 is 11.3 Å². The van der Waals surface area contributed by atoms with Crippen LogP contribution in [0.4, 0.5) is 0 Å². The van der Waals surface area contributed by atoms with Crippen molar-refractivity contribution in [3.05, 3.63) is 46.0 Å². The molecule has 2 atom stereocenters. The number of nitrogens with zero attached hydrogens (tertiary/aromatic N) is 1. The third kappa shape index (κ3) is 3.29. The summed E-state index contributed by atoms with van der Waals surface area (Å²) in [6, 6.07) is 7.48. The maximum Gasteiger partial charge on any atom is 0.289 e. The van der Waals surface area contributed by atoms with Gasteiger partial charge in [-0.2, -0.15) is 0 Å². The fourth-order valence-corrected chi connectivity index (χ4v) is 4.57. The summed E-state index contributed by atoms with van der Waals surface area (Å²) >= 11 is 1.63. The van der Waals surface area contributed by atoms with Crippen molar-refractivity contribution in [2.75, 3.05) is 26.3 Å². The summed E-state index contributed by atoms with van der Waals surface area (Å²) in [6.07, 6.45) is 0.379. The molecule has 2 fully saturated rings. The van der Waals surface area contributed by atoms with Crippen LogP contribution in [0.5, 0.6) is 0 Å². The zero-order valence-corrected chi connectivity index (χ0v) is 15.5. The van der Waals surface area contributed by atoms with E-state index in [1.54, 1.807) is 28.4 Å². The summed E-state index contributed by atoms with van der Waals surface area (Å²) in [5.41, 5.74) is -0.295. The zero-order chi connectivity index (χ0) is 18.1. The molecule has 6 nitrogen and oxygen atoms in total. The first-order valence-electron chi connectivity index (χ1n) is 8.78. The number of hydrogen-bond donors (Lipinski definition) is 1. The molecule has 2 aliphatic heterocycles. The molecule has 0 unspecified atom stereocenters. The first-order valence-corrected chi connectivity index (χ1v) is 9.66. The number of carbonyl (C=O) groups excluding carboxylic acids is 2. The van der Waals surface area contributed by atoms with Crippen LogP contribution in [0.25, 0.3) is 0 Å². The van der Waals surface area contributed by atoms with Crippen molar-refractivity contribution in [2.24, 2.45) is 11.3 Å². The van der Waals surface area contributed by atoms with Gasteiger partial charge in [-0.15, -0.1) is 11.3 Å². The van der Waals surface area contributed by atoms with Crippen molar-refractivity contribution >= 4 is 23.2 Å². The second-order valence-electron chi connectivity index (χ2n) is 7.20. The lowest BCUT2D eigenvalue weighted by atomic mass is 9.78. The topological polar surface area (TPSA) is 71.8 Å². The minimum absolute atomic E-state index is 0.0112. The number of ether oxygens (including phenoxy) is 1. The Morgan fingerprint density at radius 2 is 2.27 bits per heavy atom. The van der Waals surface area contributed by atoms with E-state index in [-0.39, 0.29) is 23.1 Å². The van der Waals surface area contributed by atoms with Gasteiger partial charge in [-0.25, -0.2) is 0 Å². The Hall–Kier alpha value is -2.12. The van der Waals surface area contributed by atoms with E-state index < -0.39 is 0 Å². The van der Waals surface area contributed by atoms with Crippen molar-refractivity contribution in [3.63, 3.8) is 0 Å². The third-order valence-corrected chi connectivity index (χ3v) is 6.19. The quantitative estimate of drug-likeness (QED) is 0.873. The monoisotopic (exact) mass is 374 g/mol. The molecule has 0 saturated carbocycles. The molecular formula is C19H22N2O4S. The Kier molecular flexibility index (Phi) is 4.58. The number of carbonyl (C=O) groups is 2. The van der Waals surface area contributed by atoms with Gasteiger partial charge >= 0.3 is 0 Å². The molecule has 2 aromatic heterocycles. The van der Waals surface area contributed by atoms with Gasteiger partial charge in [0.05, 0.1) is 19.8 Å². The molecule has 2 aromatic rings. The van der Waals surface area contributed by atoms with E-state index in [9.17, 15) is 9.59 Å². The Morgan fingerprint density at radius 3 is 3.00 bits per heavy atom. The molecule has 4 rings (SSSR count). The second kappa shape index (κ2) is 6.89. The number of furan rings is 1. The molecule has 1 N–H and O–H groups in total. The third-order valence-electron chi connectivity index (χ3n) is 5.31. The molecule has 2 saturated heterocycles. The van der Waals surface area contributed by atoms with Gasteiger partial charge in [-0.05, 0) is 30.5 Å². The van der Waals surface area contributed by atoms with Crippen molar-refractivity contribution in [3.8, 4) is 0 Å². The highest BCUT2D eigenvalue weighted by Crippen LogP contribution is 2.44. The molecule has 0 aliphatic carbocycles. The average molecular weight is 374 g/mol. The number of likely N-dealkylation sites (tertiary alicyclic amines) is 1. The predicted octanol–water partition coefficient (Wildman–Crippen LogP) is 2.44. The van der Waals surface area contributed by atoms with Gasteiger partial charge in [0.25, 0.3) is 5.91 Å². The molecule has 0 radical (unpaired) electrons.